The molecule has 0 aliphatic carbocycles. The van der Waals surface area contributed by atoms with Gasteiger partial charge in [-0.15, -0.1) is 0 Å². The predicted molar refractivity (Wildman–Crippen MR) is 114 cm³/mol. The van der Waals surface area contributed by atoms with Gasteiger partial charge in [-0.2, -0.15) is 0 Å². The Bertz CT molecular complexity index is 1090. The summed E-state index contributed by atoms with van der Waals surface area (Å²) in [4.78, 5) is 25.2. The summed E-state index contributed by atoms with van der Waals surface area (Å²) in [6.07, 6.45) is 0.109. The lowest BCUT2D eigenvalue weighted by Gasteiger charge is -2.25. The molecule has 4 rings (SSSR count). The molecule has 1 aliphatic heterocycles. The van der Waals surface area contributed by atoms with E-state index < -0.39 is 6.10 Å². The number of hydrogen-bond donors (Lipinski definition) is 1. The van der Waals surface area contributed by atoms with Crippen molar-refractivity contribution in [3.05, 3.63) is 99.1 Å². The van der Waals surface area contributed by atoms with Gasteiger partial charge in [0.2, 0.25) is 0 Å². The molecule has 1 aliphatic rings. The van der Waals surface area contributed by atoms with E-state index >= 15 is 0 Å². The molecule has 1 amide bonds. The Labute approximate surface area is 174 Å². The van der Waals surface area contributed by atoms with Crippen LogP contribution >= 0.6 is 11.6 Å². The number of fused-ring (bicyclic) bond motifs is 1. The van der Waals surface area contributed by atoms with Crippen LogP contribution in [0.4, 0.5) is 5.69 Å². The van der Waals surface area contributed by atoms with Crippen LogP contribution in [-0.4, -0.2) is 11.9 Å². The van der Waals surface area contributed by atoms with E-state index in [0.29, 0.717) is 22.6 Å². The fraction of sp³-hybridized carbons (Fsp3) is 0.167. The number of nitrogens with one attached hydrogen (secondary N) is 1. The average molecular weight is 406 g/mol. The van der Waals surface area contributed by atoms with Gasteiger partial charge >= 0.3 is 5.97 Å². The summed E-state index contributed by atoms with van der Waals surface area (Å²) in [5, 5.41) is 3.56. The molecule has 0 saturated carbocycles. The summed E-state index contributed by atoms with van der Waals surface area (Å²) in [6.45, 7) is 3.98. The first-order valence-electron chi connectivity index (χ1n) is 9.38. The van der Waals surface area contributed by atoms with Gasteiger partial charge in [-0.3, -0.25) is 4.79 Å². The van der Waals surface area contributed by atoms with Gasteiger partial charge in [0.25, 0.3) is 5.91 Å². The number of rotatable bonds is 3. The predicted octanol–water partition coefficient (Wildman–Crippen LogP) is 5.66. The van der Waals surface area contributed by atoms with Crippen LogP contribution in [0.1, 0.15) is 49.1 Å². The zero-order valence-corrected chi connectivity index (χ0v) is 16.9. The number of esters is 1. The maximum atomic E-state index is 12.8. The van der Waals surface area contributed by atoms with Gasteiger partial charge in [0.15, 0.2) is 0 Å². The molecule has 1 atom stereocenters. The third kappa shape index (κ3) is 4.17. The molecule has 3 aromatic carbocycles. The van der Waals surface area contributed by atoms with Gasteiger partial charge in [0, 0.05) is 22.7 Å². The third-order valence-corrected chi connectivity index (χ3v) is 5.22. The first kappa shape index (κ1) is 19.2. The van der Waals surface area contributed by atoms with Crippen molar-refractivity contribution in [3.63, 3.8) is 0 Å². The molecular weight excluding hydrogens is 386 g/mol. The van der Waals surface area contributed by atoms with E-state index in [2.05, 4.69) is 11.4 Å². The third-order valence-electron chi connectivity index (χ3n) is 4.96. The van der Waals surface area contributed by atoms with E-state index in [4.69, 9.17) is 16.3 Å². The van der Waals surface area contributed by atoms with E-state index in [1.54, 1.807) is 30.3 Å². The SMILES string of the molecule is Cc1cc(C)cc(NC(=O)c2ccc3c(c2)C[C@H](c2ccc(Cl)cc2)OC3=O)c1. The van der Waals surface area contributed by atoms with Crippen molar-refractivity contribution in [2.75, 3.05) is 5.32 Å². The molecule has 3 aromatic rings. The number of anilines is 1. The highest BCUT2D eigenvalue weighted by atomic mass is 35.5. The highest BCUT2D eigenvalue weighted by molar-refractivity contribution is 6.30. The van der Waals surface area contributed by atoms with Crippen LogP contribution in [0.2, 0.25) is 5.02 Å². The molecule has 4 nitrogen and oxygen atoms in total. The largest absolute Gasteiger partial charge is 0.454 e. The average Bonchev–Trinajstić information content (AvgIpc) is 2.67. The lowest BCUT2D eigenvalue weighted by molar-refractivity contribution is 0.0252. The van der Waals surface area contributed by atoms with Crippen LogP contribution in [0.3, 0.4) is 0 Å². The van der Waals surface area contributed by atoms with Crippen molar-refractivity contribution >= 4 is 29.2 Å². The van der Waals surface area contributed by atoms with Crippen molar-refractivity contribution in [3.8, 4) is 0 Å². The highest BCUT2D eigenvalue weighted by Crippen LogP contribution is 2.32. The van der Waals surface area contributed by atoms with Crippen LogP contribution in [-0.2, 0) is 11.2 Å². The number of halogens is 1. The minimum atomic E-state index is -0.398. The van der Waals surface area contributed by atoms with Gasteiger partial charge in [-0.05, 0) is 78.6 Å². The molecule has 0 aromatic heterocycles. The summed E-state index contributed by atoms with van der Waals surface area (Å²) < 4.78 is 5.58. The summed E-state index contributed by atoms with van der Waals surface area (Å²) in [5.74, 6) is -0.591. The maximum Gasteiger partial charge on any atom is 0.339 e. The number of aryl methyl sites for hydroxylation is 2. The second-order valence-corrected chi connectivity index (χ2v) is 7.79. The number of cyclic esters (lactones) is 1. The molecular formula is C24H20ClNO3. The normalized spacial score (nSPS) is 15.4. The number of carbonyl (C=O) groups is 2. The van der Waals surface area contributed by atoms with Crippen LogP contribution in [0.15, 0.2) is 60.7 Å². The van der Waals surface area contributed by atoms with Crippen LogP contribution in [0, 0.1) is 13.8 Å². The Balaban J connectivity index is 1.59. The molecule has 146 valence electrons. The van der Waals surface area contributed by atoms with E-state index in [1.807, 2.05) is 38.1 Å². The molecule has 0 saturated heterocycles. The summed E-state index contributed by atoms with van der Waals surface area (Å²) >= 11 is 5.95. The van der Waals surface area contributed by atoms with E-state index in [9.17, 15) is 9.59 Å². The molecule has 1 heterocycles. The molecule has 0 radical (unpaired) electrons. The highest BCUT2D eigenvalue weighted by Gasteiger charge is 2.28. The Kier molecular flexibility index (Phi) is 5.12. The first-order chi connectivity index (χ1) is 13.9. The Morgan fingerprint density at radius 2 is 1.69 bits per heavy atom. The Hall–Kier alpha value is -3.11. The van der Waals surface area contributed by atoms with Crippen molar-refractivity contribution in [1.82, 2.24) is 0 Å². The topological polar surface area (TPSA) is 55.4 Å². The minimum Gasteiger partial charge on any atom is -0.454 e. The van der Waals surface area contributed by atoms with Crippen molar-refractivity contribution in [2.24, 2.45) is 0 Å². The number of amides is 1. The molecule has 29 heavy (non-hydrogen) atoms. The minimum absolute atomic E-state index is 0.209. The maximum absolute atomic E-state index is 12.8. The first-order valence-corrected chi connectivity index (χ1v) is 9.76. The summed E-state index contributed by atoms with van der Waals surface area (Å²) in [6, 6.07) is 18.2. The number of hydrogen-bond acceptors (Lipinski definition) is 3. The van der Waals surface area contributed by atoms with Crippen LogP contribution in [0.5, 0.6) is 0 Å². The zero-order valence-electron chi connectivity index (χ0n) is 16.2. The lowest BCUT2D eigenvalue weighted by atomic mass is 9.93. The van der Waals surface area contributed by atoms with E-state index in [1.165, 1.54) is 0 Å². The second-order valence-electron chi connectivity index (χ2n) is 7.35. The summed E-state index contributed by atoms with van der Waals surface area (Å²) in [5.41, 5.74) is 5.60. The number of benzene rings is 3. The molecule has 0 unspecified atom stereocenters. The molecule has 5 heteroatoms. The smallest absolute Gasteiger partial charge is 0.339 e. The monoisotopic (exact) mass is 405 g/mol. The van der Waals surface area contributed by atoms with Gasteiger partial charge in [0.05, 0.1) is 5.56 Å². The lowest BCUT2D eigenvalue weighted by Crippen LogP contribution is -2.23. The van der Waals surface area contributed by atoms with Crippen LogP contribution < -0.4 is 5.32 Å². The number of ether oxygens (including phenoxy) is 1. The quantitative estimate of drug-likeness (QED) is 0.572. The fourth-order valence-electron chi connectivity index (χ4n) is 3.65. The van der Waals surface area contributed by atoms with Gasteiger partial charge in [-0.25, -0.2) is 4.79 Å². The molecule has 0 spiro atoms. The summed E-state index contributed by atoms with van der Waals surface area (Å²) in [7, 11) is 0. The van der Waals surface area contributed by atoms with Crippen molar-refractivity contribution in [2.45, 2.75) is 26.4 Å². The van der Waals surface area contributed by atoms with Gasteiger partial charge in [0.1, 0.15) is 6.10 Å². The molecule has 1 N–H and O–H groups in total. The second kappa shape index (κ2) is 7.72. The Morgan fingerprint density at radius 3 is 2.38 bits per heavy atom. The standard InChI is InChI=1S/C24H20ClNO3/c1-14-9-15(2)11-20(10-14)26-23(27)17-5-8-21-18(12-17)13-22(29-24(21)28)16-3-6-19(25)7-4-16/h3-12,22H,13H2,1-2H3,(H,26,27)/t22-/m1/s1. The Morgan fingerprint density at radius 1 is 1.00 bits per heavy atom. The van der Waals surface area contributed by atoms with E-state index in [0.717, 1.165) is 27.9 Å². The van der Waals surface area contributed by atoms with Crippen molar-refractivity contribution < 1.29 is 14.3 Å². The van der Waals surface area contributed by atoms with Crippen molar-refractivity contribution in [1.29, 1.82) is 0 Å². The number of carbonyl (C=O) groups excluding carboxylic acids is 2. The van der Waals surface area contributed by atoms with Gasteiger partial charge < -0.3 is 10.1 Å². The fourth-order valence-corrected chi connectivity index (χ4v) is 3.78. The van der Waals surface area contributed by atoms with Crippen LogP contribution in [0.25, 0.3) is 0 Å². The van der Waals surface area contributed by atoms with E-state index in [-0.39, 0.29) is 11.9 Å². The zero-order chi connectivity index (χ0) is 20.5. The molecule has 0 bridgehead atoms. The molecule has 0 fully saturated rings. The van der Waals surface area contributed by atoms with Gasteiger partial charge in [-0.1, -0.05) is 29.8 Å².